The van der Waals surface area contributed by atoms with E-state index in [1.54, 1.807) is 0 Å². The molecule has 0 heterocycles. The minimum absolute atomic E-state index is 0.0285. The number of anilines is 1. The minimum atomic E-state index is -1.27. The van der Waals surface area contributed by atoms with Crippen LogP contribution in [-0.2, 0) is 4.79 Å². The lowest BCUT2D eigenvalue weighted by atomic mass is 9.95. The topological polar surface area (TPSA) is 92.5 Å². The molecule has 0 saturated heterocycles. The zero-order chi connectivity index (χ0) is 14.6. The molecule has 19 heavy (non-hydrogen) atoms. The summed E-state index contributed by atoms with van der Waals surface area (Å²) >= 11 is 5.78. The van der Waals surface area contributed by atoms with Crippen LogP contribution < -0.4 is 5.32 Å². The molecule has 0 fully saturated rings. The molecule has 0 aliphatic heterocycles. The van der Waals surface area contributed by atoms with E-state index in [9.17, 15) is 20.0 Å². The SMILES string of the molecule is CCCC(C)(Nc1cccc(Cl)c1[N+](=O)[O-])C(=O)O. The molecule has 1 unspecified atom stereocenters. The summed E-state index contributed by atoms with van der Waals surface area (Å²) in [6, 6.07) is 4.37. The van der Waals surface area contributed by atoms with Crippen LogP contribution in [0.15, 0.2) is 18.2 Å². The summed E-state index contributed by atoms with van der Waals surface area (Å²) in [5.74, 6) is -1.07. The van der Waals surface area contributed by atoms with Gasteiger partial charge in [0.25, 0.3) is 0 Å². The minimum Gasteiger partial charge on any atom is -0.480 e. The Labute approximate surface area is 115 Å². The lowest BCUT2D eigenvalue weighted by Gasteiger charge is -2.26. The van der Waals surface area contributed by atoms with Crippen molar-refractivity contribution >= 4 is 28.9 Å². The summed E-state index contributed by atoms with van der Waals surface area (Å²) in [5, 5.41) is 22.9. The molecule has 0 amide bonds. The molecule has 0 aliphatic rings. The Morgan fingerprint density at radius 2 is 2.21 bits per heavy atom. The van der Waals surface area contributed by atoms with E-state index >= 15 is 0 Å². The lowest BCUT2D eigenvalue weighted by molar-refractivity contribution is -0.383. The van der Waals surface area contributed by atoms with Crippen LogP contribution in [0.2, 0.25) is 5.02 Å². The smallest absolute Gasteiger partial charge is 0.329 e. The highest BCUT2D eigenvalue weighted by Gasteiger charge is 2.34. The fourth-order valence-electron chi connectivity index (χ4n) is 1.82. The van der Waals surface area contributed by atoms with Gasteiger partial charge in [0, 0.05) is 0 Å². The zero-order valence-electron chi connectivity index (χ0n) is 10.6. The van der Waals surface area contributed by atoms with Crippen molar-refractivity contribution in [3.8, 4) is 0 Å². The standard InChI is InChI=1S/C12H15ClN2O4/c1-3-7-12(2,11(16)17)14-9-6-4-5-8(13)10(9)15(18)19/h4-6,14H,3,7H2,1-2H3,(H,16,17). The van der Waals surface area contributed by atoms with E-state index in [-0.39, 0.29) is 16.4 Å². The van der Waals surface area contributed by atoms with Crippen LogP contribution in [0.25, 0.3) is 0 Å². The highest BCUT2D eigenvalue weighted by molar-refractivity contribution is 6.33. The van der Waals surface area contributed by atoms with Gasteiger partial charge < -0.3 is 10.4 Å². The first kappa shape index (κ1) is 15.2. The molecule has 0 saturated carbocycles. The van der Waals surface area contributed by atoms with Crippen LogP contribution in [-0.4, -0.2) is 21.5 Å². The number of nitro benzene ring substituents is 1. The number of nitrogens with one attached hydrogen (secondary N) is 1. The maximum Gasteiger partial charge on any atom is 0.329 e. The van der Waals surface area contributed by atoms with Gasteiger partial charge in [-0.15, -0.1) is 0 Å². The van der Waals surface area contributed by atoms with Crippen molar-refractivity contribution in [3.63, 3.8) is 0 Å². The average molecular weight is 287 g/mol. The van der Waals surface area contributed by atoms with Crippen molar-refractivity contribution in [2.24, 2.45) is 0 Å². The average Bonchev–Trinajstić information content (AvgIpc) is 2.28. The molecule has 2 N–H and O–H groups in total. The Kier molecular flexibility index (Phi) is 4.72. The first-order chi connectivity index (χ1) is 8.81. The van der Waals surface area contributed by atoms with Crippen molar-refractivity contribution in [3.05, 3.63) is 33.3 Å². The molecule has 1 atom stereocenters. The fraction of sp³-hybridized carbons (Fsp3) is 0.417. The van der Waals surface area contributed by atoms with Gasteiger partial charge in [0.1, 0.15) is 16.2 Å². The number of rotatable bonds is 6. The Bertz CT molecular complexity index is 507. The number of aliphatic carboxylic acids is 1. The van der Waals surface area contributed by atoms with Gasteiger partial charge in [-0.05, 0) is 25.5 Å². The highest BCUT2D eigenvalue weighted by Crippen LogP contribution is 2.34. The molecule has 7 heteroatoms. The molecule has 0 bridgehead atoms. The van der Waals surface area contributed by atoms with Gasteiger partial charge in [0.05, 0.1) is 4.92 Å². The number of nitro groups is 1. The fourth-order valence-corrected chi connectivity index (χ4v) is 2.07. The summed E-state index contributed by atoms with van der Waals surface area (Å²) in [6.45, 7) is 3.33. The number of carboxylic acids is 1. The first-order valence-corrected chi connectivity index (χ1v) is 6.14. The van der Waals surface area contributed by atoms with Gasteiger partial charge in [-0.2, -0.15) is 0 Å². The van der Waals surface area contributed by atoms with Crippen molar-refractivity contribution in [1.82, 2.24) is 0 Å². The van der Waals surface area contributed by atoms with Crippen molar-refractivity contribution in [2.75, 3.05) is 5.32 Å². The summed E-state index contributed by atoms with van der Waals surface area (Å²) in [4.78, 5) is 21.7. The predicted molar refractivity (Wildman–Crippen MR) is 72.7 cm³/mol. The van der Waals surface area contributed by atoms with Crippen LogP contribution in [0.1, 0.15) is 26.7 Å². The Morgan fingerprint density at radius 1 is 1.58 bits per heavy atom. The van der Waals surface area contributed by atoms with E-state index in [4.69, 9.17) is 11.6 Å². The van der Waals surface area contributed by atoms with E-state index in [1.807, 2.05) is 6.92 Å². The molecule has 0 spiro atoms. The van der Waals surface area contributed by atoms with Gasteiger partial charge >= 0.3 is 11.7 Å². The van der Waals surface area contributed by atoms with E-state index in [1.165, 1.54) is 25.1 Å². The second-order valence-electron chi connectivity index (χ2n) is 4.41. The Balaban J connectivity index is 3.21. The van der Waals surface area contributed by atoms with E-state index in [2.05, 4.69) is 5.32 Å². The predicted octanol–water partition coefficient (Wildman–Crippen LogP) is 3.30. The summed E-state index contributed by atoms with van der Waals surface area (Å²) in [6.07, 6.45) is 0.968. The van der Waals surface area contributed by atoms with E-state index < -0.39 is 16.4 Å². The third kappa shape index (κ3) is 3.35. The normalized spacial score (nSPS) is 13.6. The number of nitrogens with zero attached hydrogens (tertiary/aromatic N) is 1. The van der Waals surface area contributed by atoms with Crippen molar-refractivity contribution in [1.29, 1.82) is 0 Å². The largest absolute Gasteiger partial charge is 0.480 e. The van der Waals surface area contributed by atoms with Crippen LogP contribution >= 0.6 is 11.6 Å². The molecule has 0 aromatic heterocycles. The third-order valence-electron chi connectivity index (χ3n) is 2.80. The number of hydrogen-bond donors (Lipinski definition) is 2. The van der Waals surface area contributed by atoms with Crippen LogP contribution in [0, 0.1) is 10.1 Å². The van der Waals surface area contributed by atoms with Gasteiger partial charge in [0.2, 0.25) is 0 Å². The molecular formula is C12H15ClN2O4. The van der Waals surface area contributed by atoms with Gasteiger partial charge in [-0.1, -0.05) is 31.0 Å². The molecule has 1 aromatic rings. The number of carboxylic acid groups (broad SMARTS) is 1. The number of para-hydroxylation sites is 1. The van der Waals surface area contributed by atoms with Crippen LogP contribution in [0.3, 0.4) is 0 Å². The molecule has 1 rings (SSSR count). The van der Waals surface area contributed by atoms with Gasteiger partial charge in [-0.25, -0.2) is 4.79 Å². The lowest BCUT2D eigenvalue weighted by Crippen LogP contribution is -2.43. The number of halogens is 1. The Morgan fingerprint density at radius 3 is 2.68 bits per heavy atom. The molecule has 6 nitrogen and oxygen atoms in total. The van der Waals surface area contributed by atoms with Crippen LogP contribution in [0.4, 0.5) is 11.4 Å². The van der Waals surface area contributed by atoms with Gasteiger partial charge in [0.15, 0.2) is 0 Å². The number of hydrogen-bond acceptors (Lipinski definition) is 4. The molecule has 1 aromatic carbocycles. The number of carbonyl (C=O) groups is 1. The molecule has 0 radical (unpaired) electrons. The second kappa shape index (κ2) is 5.88. The quantitative estimate of drug-likeness (QED) is 0.618. The summed E-state index contributed by atoms with van der Waals surface area (Å²) in [7, 11) is 0. The maximum absolute atomic E-state index is 11.3. The maximum atomic E-state index is 11.3. The number of benzene rings is 1. The van der Waals surface area contributed by atoms with E-state index in [0.717, 1.165) is 0 Å². The van der Waals surface area contributed by atoms with Crippen molar-refractivity contribution in [2.45, 2.75) is 32.2 Å². The van der Waals surface area contributed by atoms with E-state index in [0.29, 0.717) is 12.8 Å². The highest BCUT2D eigenvalue weighted by atomic mass is 35.5. The van der Waals surface area contributed by atoms with Crippen molar-refractivity contribution < 1.29 is 14.8 Å². The third-order valence-corrected chi connectivity index (χ3v) is 3.11. The zero-order valence-corrected chi connectivity index (χ0v) is 11.4. The van der Waals surface area contributed by atoms with Crippen LogP contribution in [0.5, 0.6) is 0 Å². The molecule has 0 aliphatic carbocycles. The molecule has 104 valence electrons. The monoisotopic (exact) mass is 286 g/mol. The first-order valence-electron chi connectivity index (χ1n) is 5.76. The summed E-state index contributed by atoms with van der Waals surface area (Å²) in [5.41, 5.74) is -1.48. The van der Waals surface area contributed by atoms with Gasteiger partial charge in [-0.3, -0.25) is 10.1 Å². The second-order valence-corrected chi connectivity index (χ2v) is 4.81. The molecular weight excluding hydrogens is 272 g/mol. The Hall–Kier alpha value is -1.82. The summed E-state index contributed by atoms with van der Waals surface area (Å²) < 4.78 is 0.